The summed E-state index contributed by atoms with van der Waals surface area (Å²) in [6.45, 7) is 8.33. The van der Waals surface area contributed by atoms with E-state index in [0.717, 1.165) is 5.56 Å². The van der Waals surface area contributed by atoms with E-state index in [1.54, 1.807) is 31.2 Å². The summed E-state index contributed by atoms with van der Waals surface area (Å²) in [6, 6.07) is 12.2. The molecule has 1 fully saturated rings. The number of carbonyl (C=O) groups is 2. The summed E-state index contributed by atoms with van der Waals surface area (Å²) in [7, 11) is 0. The lowest BCUT2D eigenvalue weighted by molar-refractivity contribution is -0.124. The van der Waals surface area contributed by atoms with Gasteiger partial charge in [0.05, 0.1) is 6.10 Å². The number of aliphatic hydroxyl groups is 1. The third kappa shape index (κ3) is 5.55. The molecule has 31 heavy (non-hydrogen) atoms. The molecular formula is C24H30N2O5. The normalized spacial score (nSPS) is 18.5. The Hall–Kier alpha value is -3.06. The first-order valence-electron chi connectivity index (χ1n) is 10.4. The van der Waals surface area contributed by atoms with Crippen molar-refractivity contribution >= 4 is 24.0 Å². The highest BCUT2D eigenvalue weighted by Crippen LogP contribution is 2.26. The predicted molar refractivity (Wildman–Crippen MR) is 118 cm³/mol. The van der Waals surface area contributed by atoms with E-state index >= 15 is 0 Å². The quantitative estimate of drug-likeness (QED) is 0.779. The Morgan fingerprint density at radius 2 is 1.94 bits per heavy atom. The summed E-state index contributed by atoms with van der Waals surface area (Å²) in [5, 5.41) is 10.1. The molecule has 2 aromatic rings. The van der Waals surface area contributed by atoms with E-state index in [1.807, 2.05) is 51.1 Å². The molecule has 2 heterocycles. The number of amides is 2. The van der Waals surface area contributed by atoms with Crippen molar-refractivity contribution < 1.29 is 23.8 Å². The number of carbonyl (C=O) groups excluding carboxylic acids is 2. The van der Waals surface area contributed by atoms with Crippen LogP contribution in [0.3, 0.4) is 0 Å². The predicted octanol–water partition coefficient (Wildman–Crippen LogP) is 4.07. The third-order valence-corrected chi connectivity index (χ3v) is 5.30. The van der Waals surface area contributed by atoms with Crippen LogP contribution in [0.15, 0.2) is 53.0 Å². The number of ether oxygens (including phenoxy) is 1. The largest absolute Gasteiger partial charge is 0.445 e. The van der Waals surface area contributed by atoms with Crippen LogP contribution in [0.4, 0.5) is 10.7 Å². The van der Waals surface area contributed by atoms with Gasteiger partial charge in [-0.2, -0.15) is 0 Å². The Bertz CT molecular complexity index is 929. The Morgan fingerprint density at radius 3 is 2.61 bits per heavy atom. The van der Waals surface area contributed by atoms with Gasteiger partial charge in [0.15, 0.2) is 0 Å². The minimum absolute atomic E-state index is 0.162. The van der Waals surface area contributed by atoms with Gasteiger partial charge in [-0.3, -0.25) is 14.6 Å². The van der Waals surface area contributed by atoms with Crippen LogP contribution in [0.25, 0.3) is 6.08 Å². The van der Waals surface area contributed by atoms with Crippen LogP contribution in [0.5, 0.6) is 0 Å². The van der Waals surface area contributed by atoms with Crippen LogP contribution in [-0.2, 0) is 16.1 Å². The van der Waals surface area contributed by atoms with Crippen LogP contribution in [0.1, 0.15) is 39.0 Å². The van der Waals surface area contributed by atoms with Crippen LogP contribution < -0.4 is 4.90 Å². The summed E-state index contributed by atoms with van der Waals surface area (Å²) >= 11 is 0. The van der Waals surface area contributed by atoms with Crippen molar-refractivity contribution in [3.63, 3.8) is 0 Å². The van der Waals surface area contributed by atoms with Crippen molar-refractivity contribution in [3.05, 3.63) is 59.9 Å². The summed E-state index contributed by atoms with van der Waals surface area (Å²) in [4.78, 5) is 28.3. The number of hydrogen-bond acceptors (Lipinski definition) is 5. The van der Waals surface area contributed by atoms with Crippen LogP contribution in [0.2, 0.25) is 0 Å². The fourth-order valence-corrected chi connectivity index (χ4v) is 3.19. The molecule has 2 atom stereocenters. The average molecular weight is 427 g/mol. The van der Waals surface area contributed by atoms with E-state index in [1.165, 1.54) is 9.80 Å². The van der Waals surface area contributed by atoms with Gasteiger partial charge in [0, 0.05) is 19.2 Å². The molecule has 2 amide bonds. The second-order valence-electron chi connectivity index (χ2n) is 8.75. The molecule has 1 aliphatic rings. The molecule has 1 aliphatic heterocycles. The maximum absolute atomic E-state index is 12.9. The van der Waals surface area contributed by atoms with Gasteiger partial charge in [0.1, 0.15) is 18.4 Å². The highest BCUT2D eigenvalue weighted by Gasteiger charge is 2.37. The maximum atomic E-state index is 12.9. The molecule has 0 bridgehead atoms. The van der Waals surface area contributed by atoms with Gasteiger partial charge in [-0.15, -0.1) is 0 Å². The third-order valence-electron chi connectivity index (χ3n) is 5.30. The molecule has 7 heteroatoms. The Labute approximate surface area is 182 Å². The Kier molecular flexibility index (Phi) is 6.85. The lowest BCUT2D eigenvalue weighted by atomic mass is 9.89. The molecule has 0 unspecified atom stereocenters. The van der Waals surface area contributed by atoms with E-state index in [0.29, 0.717) is 24.7 Å². The van der Waals surface area contributed by atoms with E-state index in [-0.39, 0.29) is 17.9 Å². The summed E-state index contributed by atoms with van der Waals surface area (Å²) in [5.41, 5.74) is 0.615. The standard InChI is InChI=1S/C24H30N2O5/c1-17-22(28)26(21-13-11-19(31-21)10-12-20(27)24(2,3)4)15-14-25(17)23(29)30-16-18-8-6-5-7-9-18/h5-13,17,20,27H,14-16H2,1-4H3/b12-10+/t17-,20-/m1/s1. The number of benzene rings is 1. The maximum Gasteiger partial charge on any atom is 0.410 e. The SMILES string of the molecule is C[C@@H]1C(=O)N(c2ccc(/C=C/[C@@H](O)C(C)(C)C)o2)CCN1C(=O)OCc1ccccc1. The first-order valence-corrected chi connectivity index (χ1v) is 10.4. The van der Waals surface area contributed by atoms with Crippen molar-refractivity contribution in [1.82, 2.24) is 4.90 Å². The molecule has 0 aliphatic carbocycles. The van der Waals surface area contributed by atoms with Gasteiger partial charge in [0.25, 0.3) is 5.91 Å². The van der Waals surface area contributed by atoms with Gasteiger partial charge in [-0.1, -0.05) is 57.2 Å². The van der Waals surface area contributed by atoms with Crippen LogP contribution in [-0.4, -0.2) is 47.2 Å². The summed E-state index contributed by atoms with van der Waals surface area (Å²) < 4.78 is 11.2. The van der Waals surface area contributed by atoms with Crippen molar-refractivity contribution in [3.8, 4) is 0 Å². The van der Waals surface area contributed by atoms with Crippen LogP contribution in [0, 0.1) is 5.41 Å². The van der Waals surface area contributed by atoms with E-state index in [4.69, 9.17) is 9.15 Å². The number of nitrogens with zero attached hydrogens (tertiary/aromatic N) is 2. The smallest absolute Gasteiger partial charge is 0.410 e. The molecule has 0 radical (unpaired) electrons. The summed E-state index contributed by atoms with van der Waals surface area (Å²) in [6.07, 6.45) is 2.25. The van der Waals surface area contributed by atoms with Crippen molar-refractivity contribution in [2.24, 2.45) is 5.41 Å². The first kappa shape index (κ1) is 22.6. The fourth-order valence-electron chi connectivity index (χ4n) is 3.19. The van der Waals surface area contributed by atoms with Crippen molar-refractivity contribution in [2.75, 3.05) is 18.0 Å². The Morgan fingerprint density at radius 1 is 1.23 bits per heavy atom. The molecule has 1 aromatic carbocycles. The van der Waals surface area contributed by atoms with Crippen molar-refractivity contribution in [2.45, 2.75) is 46.4 Å². The highest BCUT2D eigenvalue weighted by atomic mass is 16.6. The van der Waals surface area contributed by atoms with Gasteiger partial charge in [0.2, 0.25) is 5.88 Å². The number of rotatable bonds is 5. The molecule has 1 aromatic heterocycles. The zero-order valence-corrected chi connectivity index (χ0v) is 18.4. The molecule has 3 rings (SSSR count). The number of anilines is 1. The van der Waals surface area contributed by atoms with E-state index < -0.39 is 18.2 Å². The van der Waals surface area contributed by atoms with Gasteiger partial charge < -0.3 is 14.3 Å². The minimum Gasteiger partial charge on any atom is -0.445 e. The van der Waals surface area contributed by atoms with Crippen molar-refractivity contribution in [1.29, 1.82) is 0 Å². The van der Waals surface area contributed by atoms with Gasteiger partial charge >= 0.3 is 6.09 Å². The zero-order chi connectivity index (χ0) is 22.6. The van der Waals surface area contributed by atoms with Crippen LogP contribution >= 0.6 is 0 Å². The summed E-state index contributed by atoms with van der Waals surface area (Å²) in [5.74, 6) is 0.727. The number of piperazine rings is 1. The lowest BCUT2D eigenvalue weighted by Gasteiger charge is -2.37. The number of hydrogen-bond donors (Lipinski definition) is 1. The van der Waals surface area contributed by atoms with E-state index in [2.05, 4.69) is 0 Å². The molecule has 7 nitrogen and oxygen atoms in total. The molecule has 0 spiro atoms. The van der Waals surface area contributed by atoms with Gasteiger partial charge in [-0.05, 0) is 30.0 Å². The molecule has 0 saturated carbocycles. The molecule has 1 N–H and O–H groups in total. The monoisotopic (exact) mass is 426 g/mol. The highest BCUT2D eigenvalue weighted by molar-refractivity contribution is 5.98. The van der Waals surface area contributed by atoms with Gasteiger partial charge in [-0.25, -0.2) is 4.79 Å². The number of furan rings is 1. The Balaban J connectivity index is 1.60. The second-order valence-corrected chi connectivity index (χ2v) is 8.75. The topological polar surface area (TPSA) is 83.2 Å². The average Bonchev–Trinajstić information content (AvgIpc) is 3.21. The first-order chi connectivity index (χ1) is 14.7. The molecule has 1 saturated heterocycles. The fraction of sp³-hybridized carbons (Fsp3) is 0.417. The lowest BCUT2D eigenvalue weighted by Crippen LogP contribution is -2.57. The number of aliphatic hydroxyl groups excluding tert-OH is 1. The molecular weight excluding hydrogens is 396 g/mol. The van der Waals surface area contributed by atoms with E-state index in [9.17, 15) is 14.7 Å². The zero-order valence-electron chi connectivity index (χ0n) is 18.4. The molecule has 166 valence electrons. The second kappa shape index (κ2) is 9.39. The minimum atomic E-state index is -0.663.